The highest BCUT2D eigenvalue weighted by molar-refractivity contribution is 6.00. The topological polar surface area (TPSA) is 46.2 Å². The number of anilines is 1. The lowest BCUT2D eigenvalue weighted by Gasteiger charge is -2.17. The number of rotatable bonds is 3. The Kier molecular flexibility index (Phi) is 3.57. The van der Waals surface area contributed by atoms with Gasteiger partial charge in [0.05, 0.1) is 0 Å². The van der Waals surface area contributed by atoms with Crippen molar-refractivity contribution in [2.45, 2.75) is 26.2 Å². The van der Waals surface area contributed by atoms with Gasteiger partial charge in [0.25, 0.3) is 0 Å². The molecule has 0 saturated heterocycles. The molecule has 0 aromatic heterocycles. The number of aryl methyl sites for hydroxylation is 2. The summed E-state index contributed by atoms with van der Waals surface area (Å²) < 4.78 is 0. The summed E-state index contributed by atoms with van der Waals surface area (Å²) in [4.78, 5) is 23.8. The molecular formula is C18H17NO2. The van der Waals surface area contributed by atoms with Gasteiger partial charge in [0.1, 0.15) is 0 Å². The molecule has 1 amide bonds. The third-order valence-electron chi connectivity index (χ3n) is 3.93. The van der Waals surface area contributed by atoms with Crippen molar-refractivity contribution in [1.29, 1.82) is 0 Å². The molecule has 0 spiro atoms. The molecule has 0 bridgehead atoms. The Morgan fingerprint density at radius 3 is 2.76 bits per heavy atom. The number of amides is 1. The standard InChI is InChI=1S/C18H17NO2/c1-12-4-2-3-5-13(12)11-17(20)15-6-8-16-14(10-15)7-9-18(21)19-16/h2-6,8,10H,7,9,11H2,1H3,(H,19,21). The van der Waals surface area contributed by atoms with E-state index in [-0.39, 0.29) is 11.7 Å². The molecule has 0 aliphatic carbocycles. The molecule has 1 aliphatic rings. The maximum absolute atomic E-state index is 12.4. The van der Waals surface area contributed by atoms with E-state index in [4.69, 9.17) is 0 Å². The van der Waals surface area contributed by atoms with Crippen molar-refractivity contribution in [3.8, 4) is 0 Å². The van der Waals surface area contributed by atoms with E-state index in [0.29, 0.717) is 24.8 Å². The summed E-state index contributed by atoms with van der Waals surface area (Å²) in [6.07, 6.45) is 1.60. The van der Waals surface area contributed by atoms with Crippen LogP contribution in [0.2, 0.25) is 0 Å². The van der Waals surface area contributed by atoms with Gasteiger partial charge in [-0.2, -0.15) is 0 Å². The molecule has 1 aliphatic heterocycles. The van der Waals surface area contributed by atoms with Crippen molar-refractivity contribution in [2.24, 2.45) is 0 Å². The molecule has 0 unspecified atom stereocenters. The van der Waals surface area contributed by atoms with Crippen molar-refractivity contribution in [3.63, 3.8) is 0 Å². The lowest BCUT2D eigenvalue weighted by Crippen LogP contribution is -2.19. The summed E-state index contributed by atoms with van der Waals surface area (Å²) in [6, 6.07) is 13.5. The second kappa shape index (κ2) is 5.52. The first-order valence-electron chi connectivity index (χ1n) is 7.14. The molecule has 0 fully saturated rings. The summed E-state index contributed by atoms with van der Waals surface area (Å²) in [6.45, 7) is 2.02. The maximum atomic E-state index is 12.4. The fraction of sp³-hybridized carbons (Fsp3) is 0.222. The SMILES string of the molecule is Cc1ccccc1CC(=O)c1ccc2c(c1)CCC(=O)N2. The summed E-state index contributed by atoms with van der Waals surface area (Å²) in [5, 5.41) is 2.83. The molecular weight excluding hydrogens is 262 g/mol. The van der Waals surface area contributed by atoms with Gasteiger partial charge in [0, 0.05) is 24.1 Å². The molecule has 0 radical (unpaired) electrons. The molecule has 0 atom stereocenters. The average Bonchev–Trinajstić information content (AvgIpc) is 2.49. The average molecular weight is 279 g/mol. The number of hydrogen-bond donors (Lipinski definition) is 1. The predicted molar refractivity (Wildman–Crippen MR) is 82.6 cm³/mol. The Bertz CT molecular complexity index is 719. The van der Waals surface area contributed by atoms with Gasteiger partial charge < -0.3 is 5.32 Å². The quantitative estimate of drug-likeness (QED) is 0.876. The molecule has 3 heteroatoms. The molecule has 21 heavy (non-hydrogen) atoms. The Labute approximate surface area is 124 Å². The van der Waals surface area contributed by atoms with Crippen LogP contribution in [0.4, 0.5) is 5.69 Å². The van der Waals surface area contributed by atoms with Crippen LogP contribution in [-0.2, 0) is 17.6 Å². The van der Waals surface area contributed by atoms with E-state index < -0.39 is 0 Å². The van der Waals surface area contributed by atoms with Crippen LogP contribution in [0.1, 0.15) is 33.5 Å². The molecule has 3 rings (SSSR count). The molecule has 1 N–H and O–H groups in total. The van der Waals surface area contributed by atoms with Crippen LogP contribution in [0.5, 0.6) is 0 Å². The van der Waals surface area contributed by atoms with Crippen LogP contribution in [0.25, 0.3) is 0 Å². The van der Waals surface area contributed by atoms with Crippen LogP contribution in [0.15, 0.2) is 42.5 Å². The predicted octanol–water partition coefficient (Wildman–Crippen LogP) is 3.31. The van der Waals surface area contributed by atoms with Crippen LogP contribution in [0, 0.1) is 6.92 Å². The molecule has 1 heterocycles. The Morgan fingerprint density at radius 2 is 1.95 bits per heavy atom. The largest absolute Gasteiger partial charge is 0.326 e. The number of carbonyl (C=O) groups is 2. The van der Waals surface area contributed by atoms with E-state index in [9.17, 15) is 9.59 Å². The number of Topliss-reactive ketones (excluding diaryl/α,β-unsaturated/α-hetero) is 1. The minimum Gasteiger partial charge on any atom is -0.326 e. The van der Waals surface area contributed by atoms with Gasteiger partial charge in [-0.3, -0.25) is 9.59 Å². The van der Waals surface area contributed by atoms with Gasteiger partial charge in [-0.05, 0) is 48.2 Å². The van der Waals surface area contributed by atoms with Gasteiger partial charge in [0.2, 0.25) is 5.91 Å². The monoisotopic (exact) mass is 279 g/mol. The highest BCUT2D eigenvalue weighted by atomic mass is 16.1. The zero-order chi connectivity index (χ0) is 14.8. The zero-order valence-corrected chi connectivity index (χ0v) is 12.0. The van der Waals surface area contributed by atoms with Crippen molar-refractivity contribution in [1.82, 2.24) is 0 Å². The molecule has 2 aromatic carbocycles. The number of ketones is 1. The number of nitrogens with one attached hydrogen (secondary N) is 1. The fourth-order valence-electron chi connectivity index (χ4n) is 2.64. The lowest BCUT2D eigenvalue weighted by molar-refractivity contribution is -0.116. The van der Waals surface area contributed by atoms with Crippen LogP contribution < -0.4 is 5.32 Å². The Balaban J connectivity index is 1.83. The second-order valence-corrected chi connectivity index (χ2v) is 5.45. The summed E-state index contributed by atoms with van der Waals surface area (Å²) >= 11 is 0. The maximum Gasteiger partial charge on any atom is 0.224 e. The van der Waals surface area contributed by atoms with E-state index in [1.54, 1.807) is 6.07 Å². The normalized spacial score (nSPS) is 13.5. The third-order valence-corrected chi connectivity index (χ3v) is 3.93. The van der Waals surface area contributed by atoms with Crippen molar-refractivity contribution in [3.05, 3.63) is 64.7 Å². The van der Waals surface area contributed by atoms with Crippen molar-refractivity contribution in [2.75, 3.05) is 5.32 Å². The molecule has 106 valence electrons. The molecule has 3 nitrogen and oxygen atoms in total. The van der Waals surface area contributed by atoms with E-state index in [1.807, 2.05) is 43.3 Å². The highest BCUT2D eigenvalue weighted by Gasteiger charge is 2.17. The van der Waals surface area contributed by atoms with Gasteiger partial charge >= 0.3 is 0 Å². The van der Waals surface area contributed by atoms with Crippen molar-refractivity contribution >= 4 is 17.4 Å². The van der Waals surface area contributed by atoms with E-state index in [0.717, 1.165) is 22.4 Å². The van der Waals surface area contributed by atoms with Gasteiger partial charge in [-0.25, -0.2) is 0 Å². The first kappa shape index (κ1) is 13.6. The summed E-state index contributed by atoms with van der Waals surface area (Å²) in [5.41, 5.74) is 4.79. The first-order valence-corrected chi connectivity index (χ1v) is 7.14. The highest BCUT2D eigenvalue weighted by Crippen LogP contribution is 2.24. The van der Waals surface area contributed by atoms with Crippen LogP contribution in [0.3, 0.4) is 0 Å². The van der Waals surface area contributed by atoms with Crippen molar-refractivity contribution < 1.29 is 9.59 Å². The fourth-order valence-corrected chi connectivity index (χ4v) is 2.64. The minimum atomic E-state index is 0.0430. The van der Waals surface area contributed by atoms with E-state index in [1.165, 1.54) is 0 Å². The second-order valence-electron chi connectivity index (χ2n) is 5.45. The van der Waals surface area contributed by atoms with Gasteiger partial charge in [-0.15, -0.1) is 0 Å². The van der Waals surface area contributed by atoms with Gasteiger partial charge in [0.15, 0.2) is 5.78 Å². The van der Waals surface area contributed by atoms with Crippen LogP contribution in [-0.4, -0.2) is 11.7 Å². The third kappa shape index (κ3) is 2.87. The number of carbonyl (C=O) groups excluding carboxylic acids is 2. The summed E-state index contributed by atoms with van der Waals surface area (Å²) in [5.74, 6) is 0.158. The first-order chi connectivity index (χ1) is 10.1. The van der Waals surface area contributed by atoms with E-state index >= 15 is 0 Å². The number of fused-ring (bicyclic) bond motifs is 1. The smallest absolute Gasteiger partial charge is 0.224 e. The summed E-state index contributed by atoms with van der Waals surface area (Å²) in [7, 11) is 0. The Morgan fingerprint density at radius 1 is 1.14 bits per heavy atom. The lowest BCUT2D eigenvalue weighted by atomic mass is 9.95. The number of hydrogen-bond acceptors (Lipinski definition) is 2. The molecule has 0 saturated carbocycles. The van der Waals surface area contributed by atoms with Crippen LogP contribution >= 0.6 is 0 Å². The van der Waals surface area contributed by atoms with E-state index in [2.05, 4.69) is 5.32 Å². The van der Waals surface area contributed by atoms with Gasteiger partial charge in [-0.1, -0.05) is 24.3 Å². The minimum absolute atomic E-state index is 0.0430. The zero-order valence-electron chi connectivity index (χ0n) is 12.0. The number of benzene rings is 2. The Hall–Kier alpha value is -2.42. The molecule has 2 aromatic rings.